The number of nitrogens with zero attached hydrogens (tertiary/aromatic N) is 2. The number of aryl methyl sites for hydroxylation is 1. The first-order chi connectivity index (χ1) is 14.3. The van der Waals surface area contributed by atoms with Gasteiger partial charge in [0.2, 0.25) is 11.8 Å². The fourth-order valence-corrected chi connectivity index (χ4v) is 2.68. The second-order valence-corrected chi connectivity index (χ2v) is 6.68. The van der Waals surface area contributed by atoms with Crippen molar-refractivity contribution in [1.29, 1.82) is 5.26 Å². The van der Waals surface area contributed by atoms with Crippen LogP contribution < -0.4 is 14.8 Å². The van der Waals surface area contributed by atoms with Crippen molar-refractivity contribution in [2.45, 2.75) is 13.8 Å². The van der Waals surface area contributed by atoms with Crippen molar-refractivity contribution in [2.24, 2.45) is 0 Å². The van der Waals surface area contributed by atoms with Crippen LogP contribution in [0.25, 0.3) is 6.08 Å². The molecule has 0 fully saturated rings. The summed E-state index contributed by atoms with van der Waals surface area (Å²) in [6, 6.07) is 12.7. The molecule has 7 heteroatoms. The molecule has 2 aromatic carbocycles. The van der Waals surface area contributed by atoms with Crippen molar-refractivity contribution in [3.63, 3.8) is 0 Å². The van der Waals surface area contributed by atoms with E-state index in [-0.39, 0.29) is 25.0 Å². The molecule has 156 valence electrons. The van der Waals surface area contributed by atoms with E-state index < -0.39 is 0 Å². The van der Waals surface area contributed by atoms with Gasteiger partial charge in [-0.05, 0) is 54.8 Å². The zero-order chi connectivity index (χ0) is 22.1. The molecule has 0 saturated carbocycles. The zero-order valence-electron chi connectivity index (χ0n) is 17.6. The number of hydrogen-bond acceptors (Lipinski definition) is 5. The number of benzene rings is 2. The Balaban J connectivity index is 1.98. The third-order valence-corrected chi connectivity index (χ3v) is 4.53. The van der Waals surface area contributed by atoms with Gasteiger partial charge in [-0.1, -0.05) is 18.2 Å². The maximum absolute atomic E-state index is 12.4. The number of anilines is 1. The topological polar surface area (TPSA) is 91.7 Å². The molecule has 30 heavy (non-hydrogen) atoms. The molecule has 1 N–H and O–H groups in total. The van der Waals surface area contributed by atoms with Crippen molar-refractivity contribution in [3.8, 4) is 17.6 Å². The lowest BCUT2D eigenvalue weighted by Crippen LogP contribution is -2.34. The molecule has 2 aromatic rings. The van der Waals surface area contributed by atoms with E-state index in [4.69, 9.17) is 14.7 Å². The largest absolute Gasteiger partial charge is 0.493 e. The number of nitrogens with one attached hydrogen (secondary N) is 1. The molecule has 0 radical (unpaired) electrons. The van der Waals surface area contributed by atoms with Crippen LogP contribution in [0.3, 0.4) is 0 Å². The van der Waals surface area contributed by atoms with Crippen LogP contribution >= 0.6 is 0 Å². The highest BCUT2D eigenvalue weighted by molar-refractivity contribution is 5.98. The molecular formula is C23H25N3O4. The molecule has 7 nitrogen and oxygen atoms in total. The fraction of sp³-hybridized carbons (Fsp3) is 0.261. The van der Waals surface area contributed by atoms with Gasteiger partial charge >= 0.3 is 0 Å². The van der Waals surface area contributed by atoms with E-state index in [0.29, 0.717) is 11.5 Å². The van der Waals surface area contributed by atoms with Crippen LogP contribution in [0.1, 0.15) is 16.7 Å². The predicted octanol–water partition coefficient (Wildman–Crippen LogP) is 3.32. The second-order valence-electron chi connectivity index (χ2n) is 6.68. The van der Waals surface area contributed by atoms with Crippen molar-refractivity contribution in [2.75, 3.05) is 32.6 Å². The van der Waals surface area contributed by atoms with E-state index in [2.05, 4.69) is 5.32 Å². The molecule has 2 rings (SSSR count). The number of amides is 2. The molecule has 0 bridgehead atoms. The molecule has 2 amide bonds. The third kappa shape index (κ3) is 6.11. The van der Waals surface area contributed by atoms with Crippen LogP contribution in [0, 0.1) is 25.2 Å². The van der Waals surface area contributed by atoms with Gasteiger partial charge in [-0.25, -0.2) is 0 Å². The number of methoxy groups -OCH3 is 1. The van der Waals surface area contributed by atoms with Crippen molar-refractivity contribution in [3.05, 3.63) is 59.2 Å². The van der Waals surface area contributed by atoms with Crippen LogP contribution in [0.15, 0.2) is 42.5 Å². The number of carbonyl (C=O) groups excluding carboxylic acids is 2. The SMILES string of the molecule is COc1cc(/C=C/C(=O)N(C)CC(=O)Nc2cccc(C)c2C)ccc1OCC#N. The fourth-order valence-electron chi connectivity index (χ4n) is 2.68. The smallest absolute Gasteiger partial charge is 0.246 e. The Morgan fingerprint density at radius 1 is 1.20 bits per heavy atom. The lowest BCUT2D eigenvalue weighted by Gasteiger charge is -2.16. The minimum Gasteiger partial charge on any atom is -0.493 e. The summed E-state index contributed by atoms with van der Waals surface area (Å²) in [7, 11) is 3.06. The van der Waals surface area contributed by atoms with Gasteiger partial charge in [0.15, 0.2) is 18.1 Å². The first-order valence-corrected chi connectivity index (χ1v) is 9.32. The van der Waals surface area contributed by atoms with Gasteiger partial charge in [0.05, 0.1) is 13.7 Å². The van der Waals surface area contributed by atoms with E-state index >= 15 is 0 Å². The summed E-state index contributed by atoms with van der Waals surface area (Å²) >= 11 is 0. The van der Waals surface area contributed by atoms with Gasteiger partial charge in [0.1, 0.15) is 6.07 Å². The monoisotopic (exact) mass is 407 g/mol. The van der Waals surface area contributed by atoms with Gasteiger partial charge in [0, 0.05) is 18.8 Å². The number of rotatable bonds is 8. The Labute approximate surface area is 176 Å². The molecule has 0 unspecified atom stereocenters. The lowest BCUT2D eigenvalue weighted by atomic mass is 10.1. The maximum Gasteiger partial charge on any atom is 0.246 e. The Morgan fingerprint density at radius 3 is 2.67 bits per heavy atom. The molecule has 0 atom stereocenters. The van der Waals surface area contributed by atoms with Crippen molar-refractivity contribution >= 4 is 23.6 Å². The lowest BCUT2D eigenvalue weighted by molar-refractivity contribution is -0.129. The average Bonchev–Trinajstić information content (AvgIpc) is 2.73. The van der Waals surface area contributed by atoms with E-state index in [1.165, 1.54) is 18.1 Å². The van der Waals surface area contributed by atoms with Gasteiger partial charge in [-0.15, -0.1) is 0 Å². The molecule has 0 aliphatic rings. The van der Waals surface area contributed by atoms with Crippen LogP contribution in [0.2, 0.25) is 0 Å². The average molecular weight is 407 g/mol. The summed E-state index contributed by atoms with van der Waals surface area (Å²) in [5.41, 5.74) is 3.54. The normalized spacial score (nSPS) is 10.4. The summed E-state index contributed by atoms with van der Waals surface area (Å²) in [4.78, 5) is 26.0. The van der Waals surface area contributed by atoms with Crippen molar-refractivity contribution < 1.29 is 19.1 Å². The van der Waals surface area contributed by atoms with E-state index in [1.54, 1.807) is 31.3 Å². The molecule has 0 spiro atoms. The maximum atomic E-state index is 12.4. The van der Waals surface area contributed by atoms with Crippen molar-refractivity contribution in [1.82, 2.24) is 4.90 Å². The van der Waals surface area contributed by atoms with Crippen LogP contribution in [-0.4, -0.2) is 44.0 Å². The molecule has 0 aromatic heterocycles. The highest BCUT2D eigenvalue weighted by atomic mass is 16.5. The Kier molecular flexibility index (Phi) is 8.00. The van der Waals surface area contributed by atoms with Gasteiger partial charge in [0.25, 0.3) is 0 Å². The number of likely N-dealkylation sites (N-methyl/N-ethyl adjacent to an activating group) is 1. The van der Waals surface area contributed by atoms with Gasteiger partial charge in [-0.2, -0.15) is 5.26 Å². The molecule has 0 heterocycles. The van der Waals surface area contributed by atoms with E-state index in [1.807, 2.05) is 38.1 Å². The van der Waals surface area contributed by atoms with E-state index in [0.717, 1.165) is 22.4 Å². The highest BCUT2D eigenvalue weighted by Gasteiger charge is 2.12. The molecule has 0 saturated heterocycles. The number of nitriles is 1. The van der Waals surface area contributed by atoms with Gasteiger partial charge in [-0.3, -0.25) is 9.59 Å². The highest BCUT2D eigenvalue weighted by Crippen LogP contribution is 2.28. The number of carbonyl (C=O) groups is 2. The quantitative estimate of drug-likeness (QED) is 0.678. The Bertz CT molecular complexity index is 992. The summed E-state index contributed by atoms with van der Waals surface area (Å²) in [5, 5.41) is 11.5. The van der Waals surface area contributed by atoms with Crippen LogP contribution in [0.5, 0.6) is 11.5 Å². The van der Waals surface area contributed by atoms with E-state index in [9.17, 15) is 9.59 Å². The summed E-state index contributed by atoms with van der Waals surface area (Å²) in [6.45, 7) is 3.76. The molecular weight excluding hydrogens is 382 g/mol. The first-order valence-electron chi connectivity index (χ1n) is 9.32. The standard InChI is InChI=1S/C23H25N3O4/c1-16-6-5-7-19(17(16)2)25-22(27)15-26(3)23(28)11-9-18-8-10-20(30-13-12-24)21(14-18)29-4/h5-11,14H,13,15H2,1-4H3,(H,25,27)/b11-9+. The number of ether oxygens (including phenoxy) is 2. The third-order valence-electron chi connectivity index (χ3n) is 4.53. The van der Waals surface area contributed by atoms with Crippen LogP contribution in [-0.2, 0) is 9.59 Å². The summed E-state index contributed by atoms with van der Waals surface area (Å²) in [5.74, 6) is 0.326. The summed E-state index contributed by atoms with van der Waals surface area (Å²) in [6.07, 6.45) is 3.01. The first kappa shape index (κ1) is 22.5. The summed E-state index contributed by atoms with van der Waals surface area (Å²) < 4.78 is 10.5. The second kappa shape index (κ2) is 10.7. The number of hydrogen-bond donors (Lipinski definition) is 1. The zero-order valence-corrected chi connectivity index (χ0v) is 17.6. The molecule has 0 aliphatic carbocycles. The Morgan fingerprint density at radius 2 is 1.97 bits per heavy atom. The molecule has 0 aliphatic heterocycles. The predicted molar refractivity (Wildman–Crippen MR) is 115 cm³/mol. The van der Waals surface area contributed by atoms with Crippen LogP contribution in [0.4, 0.5) is 5.69 Å². The minimum absolute atomic E-state index is 0.0686. The minimum atomic E-state index is -0.310. The van der Waals surface area contributed by atoms with Gasteiger partial charge < -0.3 is 19.7 Å². The Hall–Kier alpha value is -3.79.